The number of ether oxygens (including phenoxy) is 1. The van der Waals surface area contributed by atoms with E-state index in [0.717, 1.165) is 0 Å². The van der Waals surface area contributed by atoms with Gasteiger partial charge in [0.25, 0.3) is 0 Å². The van der Waals surface area contributed by atoms with E-state index >= 15 is 0 Å². The Kier molecular flexibility index (Phi) is 4.91. The highest BCUT2D eigenvalue weighted by Crippen LogP contribution is 2.19. The molecule has 0 aromatic heterocycles. The molecule has 0 aromatic carbocycles. The Bertz CT molecular complexity index is 367. The third-order valence-electron chi connectivity index (χ3n) is 3.09. The molecule has 1 N–H and O–H groups in total. The summed E-state index contributed by atoms with van der Waals surface area (Å²) in [6.45, 7) is 2.40. The lowest BCUT2D eigenvalue weighted by atomic mass is 10.1. The highest BCUT2D eigenvalue weighted by atomic mass is 32.2. The van der Waals surface area contributed by atoms with Crippen molar-refractivity contribution < 1.29 is 23.1 Å². The number of aliphatic carboxylic acids is 1. The van der Waals surface area contributed by atoms with Crippen LogP contribution in [0.2, 0.25) is 0 Å². The summed E-state index contributed by atoms with van der Waals surface area (Å²) in [6.07, 6.45) is 0.504. The van der Waals surface area contributed by atoms with E-state index in [9.17, 15) is 13.2 Å². The second-order valence-electron chi connectivity index (χ2n) is 4.30. The van der Waals surface area contributed by atoms with E-state index in [1.165, 1.54) is 7.11 Å². The minimum atomic E-state index is -3.00. The van der Waals surface area contributed by atoms with Crippen LogP contribution in [0.5, 0.6) is 0 Å². The van der Waals surface area contributed by atoms with Gasteiger partial charge in [-0.15, -0.1) is 0 Å². The first-order chi connectivity index (χ1) is 7.87. The zero-order chi connectivity index (χ0) is 13.1. The first-order valence-corrected chi connectivity index (χ1v) is 7.37. The molecule has 2 unspecified atom stereocenters. The van der Waals surface area contributed by atoms with Crippen molar-refractivity contribution in [2.75, 3.05) is 31.8 Å². The van der Waals surface area contributed by atoms with Gasteiger partial charge in [-0.25, -0.2) is 8.42 Å². The molecule has 17 heavy (non-hydrogen) atoms. The van der Waals surface area contributed by atoms with Crippen LogP contribution in [-0.2, 0) is 19.4 Å². The summed E-state index contributed by atoms with van der Waals surface area (Å²) in [5.74, 6) is -0.743. The molecule has 0 aliphatic carbocycles. The third-order valence-corrected chi connectivity index (χ3v) is 4.84. The van der Waals surface area contributed by atoms with Crippen LogP contribution in [0.15, 0.2) is 0 Å². The SMILES string of the molecule is COCCN(C1CCS(=O)(=O)C1)C(C)C(=O)O. The van der Waals surface area contributed by atoms with Gasteiger partial charge in [0.15, 0.2) is 9.84 Å². The maximum Gasteiger partial charge on any atom is 0.320 e. The van der Waals surface area contributed by atoms with E-state index in [1.807, 2.05) is 0 Å². The second kappa shape index (κ2) is 5.79. The van der Waals surface area contributed by atoms with E-state index in [2.05, 4.69) is 0 Å². The number of hydrogen-bond donors (Lipinski definition) is 1. The maximum atomic E-state index is 11.4. The standard InChI is InChI=1S/C10H19NO5S/c1-8(10(12)13)11(4-5-16-2)9-3-6-17(14,15)7-9/h8-9H,3-7H2,1-2H3,(H,12,13). The highest BCUT2D eigenvalue weighted by molar-refractivity contribution is 7.91. The van der Waals surface area contributed by atoms with E-state index in [4.69, 9.17) is 9.84 Å². The summed E-state index contributed by atoms with van der Waals surface area (Å²) in [5.41, 5.74) is 0. The third kappa shape index (κ3) is 3.93. The molecule has 0 bridgehead atoms. The van der Waals surface area contributed by atoms with Crippen molar-refractivity contribution in [3.63, 3.8) is 0 Å². The Morgan fingerprint density at radius 3 is 2.65 bits per heavy atom. The quantitative estimate of drug-likeness (QED) is 0.703. The zero-order valence-corrected chi connectivity index (χ0v) is 10.9. The number of nitrogens with zero attached hydrogens (tertiary/aromatic N) is 1. The molecule has 1 aliphatic heterocycles. The molecule has 7 heteroatoms. The Balaban J connectivity index is 2.73. The van der Waals surface area contributed by atoms with E-state index in [-0.39, 0.29) is 17.5 Å². The molecule has 1 fully saturated rings. The lowest BCUT2D eigenvalue weighted by Crippen LogP contribution is -2.47. The predicted molar refractivity (Wildman–Crippen MR) is 62.7 cm³/mol. The van der Waals surface area contributed by atoms with Crippen LogP contribution < -0.4 is 0 Å². The average molecular weight is 265 g/mol. The molecule has 100 valence electrons. The Morgan fingerprint density at radius 1 is 1.59 bits per heavy atom. The summed E-state index contributed by atoms with van der Waals surface area (Å²) in [4.78, 5) is 12.7. The molecule has 0 radical (unpaired) electrons. The topological polar surface area (TPSA) is 83.9 Å². The monoisotopic (exact) mass is 265 g/mol. The number of carboxylic acids is 1. The number of carbonyl (C=O) groups is 1. The van der Waals surface area contributed by atoms with Gasteiger partial charge >= 0.3 is 5.97 Å². The van der Waals surface area contributed by atoms with Gasteiger partial charge in [0, 0.05) is 19.7 Å². The van der Waals surface area contributed by atoms with E-state index < -0.39 is 21.8 Å². The molecule has 0 spiro atoms. The summed E-state index contributed by atoms with van der Waals surface area (Å²) in [7, 11) is -1.46. The largest absolute Gasteiger partial charge is 0.480 e. The van der Waals surface area contributed by atoms with Gasteiger partial charge in [-0.05, 0) is 13.3 Å². The number of carboxylic acid groups (broad SMARTS) is 1. The van der Waals surface area contributed by atoms with Crippen LogP contribution in [0.25, 0.3) is 0 Å². The fraction of sp³-hybridized carbons (Fsp3) is 0.900. The van der Waals surface area contributed by atoms with Crippen molar-refractivity contribution in [3.05, 3.63) is 0 Å². The first kappa shape index (κ1) is 14.4. The number of hydrogen-bond acceptors (Lipinski definition) is 5. The van der Waals surface area contributed by atoms with Crippen molar-refractivity contribution in [2.24, 2.45) is 0 Å². The van der Waals surface area contributed by atoms with Gasteiger partial charge in [-0.1, -0.05) is 0 Å². The Labute approximate surface area is 101 Å². The van der Waals surface area contributed by atoms with Crippen LogP contribution >= 0.6 is 0 Å². The molecule has 1 heterocycles. The Hall–Kier alpha value is -0.660. The van der Waals surface area contributed by atoms with Gasteiger partial charge in [0.1, 0.15) is 6.04 Å². The molecular formula is C10H19NO5S. The second-order valence-corrected chi connectivity index (χ2v) is 6.53. The smallest absolute Gasteiger partial charge is 0.320 e. The number of methoxy groups -OCH3 is 1. The van der Waals surface area contributed by atoms with Crippen LogP contribution in [0.4, 0.5) is 0 Å². The average Bonchev–Trinajstić information content (AvgIpc) is 2.59. The van der Waals surface area contributed by atoms with Gasteiger partial charge < -0.3 is 9.84 Å². The molecule has 6 nitrogen and oxygen atoms in total. The molecule has 1 rings (SSSR count). The lowest BCUT2D eigenvalue weighted by molar-refractivity contribution is -0.143. The van der Waals surface area contributed by atoms with Gasteiger partial charge in [0.05, 0.1) is 18.1 Å². The van der Waals surface area contributed by atoms with E-state index in [0.29, 0.717) is 19.6 Å². The summed E-state index contributed by atoms with van der Waals surface area (Å²) in [5, 5.41) is 9.01. The van der Waals surface area contributed by atoms with Gasteiger partial charge in [0.2, 0.25) is 0 Å². The van der Waals surface area contributed by atoms with Gasteiger partial charge in [-0.3, -0.25) is 9.69 Å². The molecule has 0 aromatic rings. The molecule has 0 amide bonds. The van der Waals surface area contributed by atoms with Crippen molar-refractivity contribution in [3.8, 4) is 0 Å². The van der Waals surface area contributed by atoms with Crippen LogP contribution in [-0.4, -0.2) is 68.2 Å². The maximum absolute atomic E-state index is 11.4. The van der Waals surface area contributed by atoms with Crippen LogP contribution in [0, 0.1) is 0 Å². The van der Waals surface area contributed by atoms with Crippen molar-refractivity contribution in [1.29, 1.82) is 0 Å². The fourth-order valence-electron chi connectivity index (χ4n) is 2.07. The summed E-state index contributed by atoms with van der Waals surface area (Å²) < 4.78 is 27.7. The molecule has 2 atom stereocenters. The van der Waals surface area contributed by atoms with Gasteiger partial charge in [-0.2, -0.15) is 0 Å². The zero-order valence-electron chi connectivity index (χ0n) is 10.1. The Morgan fingerprint density at radius 2 is 2.24 bits per heavy atom. The minimum Gasteiger partial charge on any atom is -0.480 e. The summed E-state index contributed by atoms with van der Waals surface area (Å²) in [6, 6.07) is -0.898. The first-order valence-electron chi connectivity index (χ1n) is 5.55. The minimum absolute atomic E-state index is 0.0499. The van der Waals surface area contributed by atoms with E-state index in [1.54, 1.807) is 11.8 Å². The fourth-order valence-corrected chi connectivity index (χ4v) is 3.81. The number of sulfone groups is 1. The van der Waals surface area contributed by atoms with Crippen molar-refractivity contribution in [1.82, 2.24) is 4.90 Å². The molecule has 1 aliphatic rings. The van der Waals surface area contributed by atoms with Crippen molar-refractivity contribution >= 4 is 15.8 Å². The lowest BCUT2D eigenvalue weighted by Gasteiger charge is -2.31. The van der Waals surface area contributed by atoms with Crippen molar-refractivity contribution in [2.45, 2.75) is 25.4 Å². The highest BCUT2D eigenvalue weighted by Gasteiger charge is 2.35. The number of rotatable bonds is 6. The van der Waals surface area contributed by atoms with Crippen LogP contribution in [0.1, 0.15) is 13.3 Å². The normalized spacial score (nSPS) is 25.0. The summed E-state index contributed by atoms with van der Waals surface area (Å²) >= 11 is 0. The molecule has 1 saturated heterocycles. The van der Waals surface area contributed by atoms with Crippen LogP contribution in [0.3, 0.4) is 0 Å². The molecular weight excluding hydrogens is 246 g/mol. The molecule has 0 saturated carbocycles. The predicted octanol–water partition coefficient (Wildman–Crippen LogP) is -0.405.